The van der Waals surface area contributed by atoms with Crippen LogP contribution < -0.4 is 19.1 Å². The maximum atomic E-state index is 13.5. The number of carbonyl (C=O) groups is 2. The van der Waals surface area contributed by atoms with E-state index in [2.05, 4.69) is 5.32 Å². The van der Waals surface area contributed by atoms with Crippen molar-refractivity contribution in [1.82, 2.24) is 10.2 Å². The first-order valence-corrected chi connectivity index (χ1v) is 12.7. The van der Waals surface area contributed by atoms with Crippen LogP contribution in [-0.4, -0.2) is 64.7 Å². The Morgan fingerprint density at radius 1 is 1.06 bits per heavy atom. The smallest absolute Gasteiger partial charge is 0.244 e. The van der Waals surface area contributed by atoms with Gasteiger partial charge >= 0.3 is 0 Å². The highest BCUT2D eigenvalue weighted by molar-refractivity contribution is 7.92. The zero-order chi connectivity index (χ0) is 25.5. The molecule has 9 nitrogen and oxygen atoms in total. The van der Waals surface area contributed by atoms with Crippen LogP contribution in [0.1, 0.15) is 25.0 Å². The van der Waals surface area contributed by atoms with Gasteiger partial charge in [0.05, 0.1) is 26.2 Å². The number of methoxy groups -OCH3 is 2. The number of hydrogen-bond acceptors (Lipinski definition) is 6. The Labute approximate surface area is 201 Å². The SMILES string of the molecule is CCNC(=O)C(C)N(Cc1cccc(C)c1)C(=O)CN(c1ccc(OC)c(OC)c1)S(C)(=O)=O. The molecule has 0 heterocycles. The zero-order valence-electron chi connectivity index (χ0n) is 20.5. The van der Waals surface area contributed by atoms with E-state index >= 15 is 0 Å². The molecule has 0 radical (unpaired) electrons. The molecule has 0 aliphatic carbocycles. The maximum Gasteiger partial charge on any atom is 0.244 e. The number of anilines is 1. The molecular formula is C24H33N3O6S. The number of nitrogens with zero attached hydrogens (tertiary/aromatic N) is 2. The highest BCUT2D eigenvalue weighted by atomic mass is 32.2. The normalized spacial score (nSPS) is 11.9. The standard InChI is InChI=1S/C24H33N3O6S/c1-7-25-24(29)18(3)26(15-19-10-8-9-17(2)13-19)23(28)16-27(34(6,30)31)20-11-12-21(32-4)22(14-20)33-5/h8-14,18H,7,15-16H2,1-6H3,(H,25,29). The van der Waals surface area contributed by atoms with Crippen LogP contribution >= 0.6 is 0 Å². The molecule has 2 aromatic rings. The van der Waals surface area contributed by atoms with E-state index in [1.54, 1.807) is 19.9 Å². The fourth-order valence-corrected chi connectivity index (χ4v) is 4.35. The number of nitrogens with one attached hydrogen (secondary N) is 1. The molecule has 186 valence electrons. The zero-order valence-corrected chi connectivity index (χ0v) is 21.3. The first-order valence-electron chi connectivity index (χ1n) is 10.8. The van der Waals surface area contributed by atoms with Gasteiger partial charge in [0.15, 0.2) is 11.5 Å². The molecule has 0 saturated heterocycles. The lowest BCUT2D eigenvalue weighted by Crippen LogP contribution is -2.51. The van der Waals surface area contributed by atoms with E-state index in [-0.39, 0.29) is 18.1 Å². The van der Waals surface area contributed by atoms with Gasteiger partial charge in [0, 0.05) is 19.2 Å². The number of carbonyl (C=O) groups excluding carboxylic acids is 2. The van der Waals surface area contributed by atoms with Crippen molar-refractivity contribution in [3.8, 4) is 11.5 Å². The van der Waals surface area contributed by atoms with Crippen LogP contribution in [0.15, 0.2) is 42.5 Å². The summed E-state index contributed by atoms with van der Waals surface area (Å²) in [4.78, 5) is 27.4. The van der Waals surface area contributed by atoms with Gasteiger partial charge in [-0.15, -0.1) is 0 Å². The Kier molecular flexibility index (Phi) is 9.31. The van der Waals surface area contributed by atoms with Crippen LogP contribution in [0.3, 0.4) is 0 Å². The number of benzene rings is 2. The average Bonchev–Trinajstić information content (AvgIpc) is 2.79. The summed E-state index contributed by atoms with van der Waals surface area (Å²) in [5.74, 6) is -0.0774. The highest BCUT2D eigenvalue weighted by Gasteiger charge is 2.30. The lowest BCUT2D eigenvalue weighted by Gasteiger charge is -2.31. The molecule has 0 aliphatic rings. The van der Waals surface area contributed by atoms with Gasteiger partial charge in [-0.3, -0.25) is 13.9 Å². The maximum absolute atomic E-state index is 13.5. The Morgan fingerprint density at radius 3 is 2.29 bits per heavy atom. The molecule has 0 spiro atoms. The van der Waals surface area contributed by atoms with E-state index < -0.39 is 28.5 Å². The first-order chi connectivity index (χ1) is 16.0. The van der Waals surface area contributed by atoms with Crippen molar-refractivity contribution in [2.45, 2.75) is 33.4 Å². The predicted octanol–water partition coefficient (Wildman–Crippen LogP) is 2.33. The van der Waals surface area contributed by atoms with E-state index in [1.165, 1.54) is 31.3 Å². The van der Waals surface area contributed by atoms with Crippen molar-refractivity contribution < 1.29 is 27.5 Å². The lowest BCUT2D eigenvalue weighted by atomic mass is 10.1. The summed E-state index contributed by atoms with van der Waals surface area (Å²) in [6.07, 6.45) is 1.02. The van der Waals surface area contributed by atoms with Crippen molar-refractivity contribution in [3.63, 3.8) is 0 Å². The van der Waals surface area contributed by atoms with Crippen LogP contribution in [0.25, 0.3) is 0 Å². The summed E-state index contributed by atoms with van der Waals surface area (Å²) < 4.78 is 36.8. The Bertz CT molecular complexity index is 1120. The molecule has 1 atom stereocenters. The molecule has 34 heavy (non-hydrogen) atoms. The van der Waals surface area contributed by atoms with Gasteiger partial charge in [0.25, 0.3) is 0 Å². The van der Waals surface area contributed by atoms with Crippen molar-refractivity contribution in [2.75, 3.05) is 37.9 Å². The molecule has 2 rings (SSSR count). The van der Waals surface area contributed by atoms with Gasteiger partial charge in [-0.05, 0) is 38.5 Å². The fraction of sp³-hybridized carbons (Fsp3) is 0.417. The number of likely N-dealkylation sites (N-methyl/N-ethyl adjacent to an activating group) is 1. The molecule has 10 heteroatoms. The molecule has 0 saturated carbocycles. The third-order valence-electron chi connectivity index (χ3n) is 5.29. The summed E-state index contributed by atoms with van der Waals surface area (Å²) >= 11 is 0. The van der Waals surface area contributed by atoms with E-state index in [4.69, 9.17) is 9.47 Å². The van der Waals surface area contributed by atoms with Crippen LogP contribution in [-0.2, 0) is 26.2 Å². The summed E-state index contributed by atoms with van der Waals surface area (Å²) in [6, 6.07) is 11.4. The second kappa shape index (κ2) is 11.7. The van der Waals surface area contributed by atoms with Crippen LogP contribution in [0, 0.1) is 6.92 Å². The van der Waals surface area contributed by atoms with Crippen LogP contribution in [0.5, 0.6) is 11.5 Å². The molecule has 1 N–H and O–H groups in total. The van der Waals surface area contributed by atoms with E-state index in [9.17, 15) is 18.0 Å². The van der Waals surface area contributed by atoms with Gasteiger partial charge < -0.3 is 19.7 Å². The minimum Gasteiger partial charge on any atom is -0.493 e. The molecule has 0 bridgehead atoms. The van der Waals surface area contributed by atoms with Crippen molar-refractivity contribution in [2.24, 2.45) is 0 Å². The molecule has 0 aromatic heterocycles. The van der Waals surface area contributed by atoms with Crippen molar-refractivity contribution in [1.29, 1.82) is 0 Å². The minimum absolute atomic E-state index is 0.155. The summed E-state index contributed by atoms with van der Waals surface area (Å²) in [5, 5.41) is 2.73. The number of aryl methyl sites for hydroxylation is 1. The Morgan fingerprint density at radius 2 is 1.74 bits per heavy atom. The third-order valence-corrected chi connectivity index (χ3v) is 6.43. The second-order valence-corrected chi connectivity index (χ2v) is 9.80. The van der Waals surface area contributed by atoms with E-state index in [0.29, 0.717) is 18.0 Å². The topological polar surface area (TPSA) is 105 Å². The molecule has 1 unspecified atom stereocenters. The van der Waals surface area contributed by atoms with Gasteiger partial charge in [0.1, 0.15) is 12.6 Å². The largest absolute Gasteiger partial charge is 0.493 e. The lowest BCUT2D eigenvalue weighted by molar-refractivity contribution is -0.139. The number of ether oxygens (including phenoxy) is 2. The van der Waals surface area contributed by atoms with Gasteiger partial charge in [-0.25, -0.2) is 8.42 Å². The summed E-state index contributed by atoms with van der Waals surface area (Å²) in [7, 11) is -0.925. The Balaban J connectivity index is 2.43. The molecule has 0 fully saturated rings. The predicted molar refractivity (Wildman–Crippen MR) is 132 cm³/mol. The molecular weight excluding hydrogens is 458 g/mol. The average molecular weight is 492 g/mol. The third kappa shape index (κ3) is 6.86. The minimum atomic E-state index is -3.84. The molecule has 2 amide bonds. The van der Waals surface area contributed by atoms with Gasteiger partial charge in [-0.2, -0.15) is 0 Å². The monoisotopic (exact) mass is 491 g/mol. The van der Waals surface area contributed by atoms with Crippen molar-refractivity contribution in [3.05, 3.63) is 53.6 Å². The molecule has 0 aliphatic heterocycles. The van der Waals surface area contributed by atoms with Gasteiger partial charge in [0.2, 0.25) is 21.8 Å². The fourth-order valence-electron chi connectivity index (χ4n) is 3.51. The summed E-state index contributed by atoms with van der Waals surface area (Å²) in [5.41, 5.74) is 2.09. The number of hydrogen-bond donors (Lipinski definition) is 1. The van der Waals surface area contributed by atoms with E-state index in [1.807, 2.05) is 31.2 Å². The van der Waals surface area contributed by atoms with Crippen molar-refractivity contribution >= 4 is 27.5 Å². The van der Waals surface area contributed by atoms with E-state index in [0.717, 1.165) is 21.7 Å². The number of rotatable bonds is 11. The van der Waals surface area contributed by atoms with Gasteiger partial charge in [-0.1, -0.05) is 29.8 Å². The Hall–Kier alpha value is -3.27. The number of sulfonamides is 1. The summed E-state index contributed by atoms with van der Waals surface area (Å²) in [6.45, 7) is 5.44. The first kappa shape index (κ1) is 27.0. The van der Waals surface area contributed by atoms with Crippen LogP contribution in [0.4, 0.5) is 5.69 Å². The second-order valence-electron chi connectivity index (χ2n) is 7.89. The van der Waals surface area contributed by atoms with Crippen LogP contribution in [0.2, 0.25) is 0 Å². The molecule has 2 aromatic carbocycles. The number of amides is 2. The highest BCUT2D eigenvalue weighted by Crippen LogP contribution is 2.32. The quantitative estimate of drug-likeness (QED) is 0.517.